The van der Waals surface area contributed by atoms with Crippen molar-refractivity contribution >= 4 is 21.6 Å². The van der Waals surface area contributed by atoms with Crippen LogP contribution in [0.5, 0.6) is 0 Å². The SMILES string of the molecule is NC(=O)CCCNS(=O)(=O)c1ccc(N)c(F)c1. The fraction of sp³-hybridized carbons (Fsp3) is 0.300. The fourth-order valence-corrected chi connectivity index (χ4v) is 2.31. The van der Waals surface area contributed by atoms with Crippen LogP contribution in [0, 0.1) is 5.82 Å². The predicted molar refractivity (Wildman–Crippen MR) is 64.4 cm³/mol. The van der Waals surface area contributed by atoms with Gasteiger partial charge >= 0.3 is 0 Å². The Bertz CT molecular complexity index is 545. The van der Waals surface area contributed by atoms with Crippen LogP contribution in [0.25, 0.3) is 0 Å². The summed E-state index contributed by atoms with van der Waals surface area (Å²) in [4.78, 5) is 10.2. The number of hydrogen-bond donors (Lipinski definition) is 3. The second-order valence-corrected chi connectivity index (χ2v) is 5.42. The zero-order chi connectivity index (χ0) is 13.8. The number of nitrogens with one attached hydrogen (secondary N) is 1. The molecule has 1 amide bonds. The predicted octanol–water partition coefficient (Wildman–Crippen LogP) is -0.0483. The molecule has 0 aromatic heterocycles. The van der Waals surface area contributed by atoms with Crippen molar-refractivity contribution in [2.45, 2.75) is 17.7 Å². The molecule has 0 bridgehead atoms. The molecule has 0 fully saturated rings. The number of rotatable bonds is 6. The average Bonchev–Trinajstić information content (AvgIpc) is 2.28. The van der Waals surface area contributed by atoms with E-state index in [9.17, 15) is 17.6 Å². The summed E-state index contributed by atoms with van der Waals surface area (Å²) < 4.78 is 38.8. The number of benzene rings is 1. The molecule has 0 atom stereocenters. The Morgan fingerprint density at radius 3 is 2.61 bits per heavy atom. The third-order valence-electron chi connectivity index (χ3n) is 2.17. The number of carbonyl (C=O) groups excluding carboxylic acids is 1. The van der Waals surface area contributed by atoms with Gasteiger partial charge in [0.15, 0.2) is 0 Å². The normalized spacial score (nSPS) is 11.4. The van der Waals surface area contributed by atoms with Gasteiger partial charge in [-0.1, -0.05) is 0 Å². The lowest BCUT2D eigenvalue weighted by Crippen LogP contribution is -2.26. The molecule has 0 radical (unpaired) electrons. The Kier molecular flexibility index (Phi) is 4.62. The Labute approximate surface area is 104 Å². The van der Waals surface area contributed by atoms with E-state index in [1.807, 2.05) is 0 Å². The van der Waals surface area contributed by atoms with Gasteiger partial charge in [-0.2, -0.15) is 0 Å². The van der Waals surface area contributed by atoms with E-state index in [2.05, 4.69) is 4.72 Å². The maximum absolute atomic E-state index is 13.1. The van der Waals surface area contributed by atoms with Gasteiger partial charge in [-0.05, 0) is 24.6 Å². The molecule has 0 unspecified atom stereocenters. The first-order valence-corrected chi connectivity index (χ1v) is 6.64. The number of sulfonamides is 1. The maximum Gasteiger partial charge on any atom is 0.240 e. The van der Waals surface area contributed by atoms with Crippen LogP contribution in [0.15, 0.2) is 23.1 Å². The van der Waals surface area contributed by atoms with Gasteiger partial charge in [0.25, 0.3) is 0 Å². The first-order valence-electron chi connectivity index (χ1n) is 5.16. The van der Waals surface area contributed by atoms with Gasteiger partial charge in [-0.3, -0.25) is 4.79 Å². The van der Waals surface area contributed by atoms with Crippen molar-refractivity contribution in [2.24, 2.45) is 5.73 Å². The van der Waals surface area contributed by atoms with Gasteiger partial charge in [-0.25, -0.2) is 17.5 Å². The quantitative estimate of drug-likeness (QED) is 0.498. The van der Waals surface area contributed by atoms with Crippen LogP contribution in [0.4, 0.5) is 10.1 Å². The Hall–Kier alpha value is -1.67. The minimum Gasteiger partial charge on any atom is -0.396 e. The molecular weight excluding hydrogens is 261 g/mol. The lowest BCUT2D eigenvalue weighted by Gasteiger charge is -2.07. The molecule has 5 N–H and O–H groups in total. The maximum atomic E-state index is 13.1. The molecule has 0 spiro atoms. The summed E-state index contributed by atoms with van der Waals surface area (Å²) in [7, 11) is -3.80. The molecule has 8 heteroatoms. The lowest BCUT2D eigenvalue weighted by atomic mass is 10.3. The standard InChI is InChI=1S/C10H14FN3O3S/c11-8-6-7(3-4-9(8)12)18(16,17)14-5-1-2-10(13)15/h3-4,6,14H,1-2,5,12H2,(H2,13,15). The Morgan fingerprint density at radius 1 is 1.39 bits per heavy atom. The number of carbonyl (C=O) groups is 1. The highest BCUT2D eigenvalue weighted by atomic mass is 32.2. The topological polar surface area (TPSA) is 115 Å². The van der Waals surface area contributed by atoms with Crippen LogP contribution < -0.4 is 16.2 Å². The molecule has 0 saturated heterocycles. The second kappa shape index (κ2) is 5.78. The van der Waals surface area contributed by atoms with Gasteiger partial charge in [0, 0.05) is 13.0 Å². The molecule has 0 aliphatic rings. The summed E-state index contributed by atoms with van der Waals surface area (Å²) in [5.74, 6) is -1.30. The van der Waals surface area contributed by atoms with Crippen molar-refractivity contribution < 1.29 is 17.6 Å². The van der Waals surface area contributed by atoms with E-state index >= 15 is 0 Å². The number of amides is 1. The third kappa shape index (κ3) is 3.97. The van der Waals surface area contributed by atoms with E-state index in [4.69, 9.17) is 11.5 Å². The summed E-state index contributed by atoms with van der Waals surface area (Å²) in [5, 5.41) is 0. The van der Waals surface area contributed by atoms with Crippen molar-refractivity contribution in [3.8, 4) is 0 Å². The van der Waals surface area contributed by atoms with E-state index in [0.717, 1.165) is 6.07 Å². The van der Waals surface area contributed by atoms with E-state index in [1.165, 1.54) is 12.1 Å². The molecule has 6 nitrogen and oxygen atoms in total. The van der Waals surface area contributed by atoms with Crippen molar-refractivity contribution in [1.82, 2.24) is 4.72 Å². The summed E-state index contributed by atoms with van der Waals surface area (Å²) in [5.41, 5.74) is 10.0. The van der Waals surface area contributed by atoms with Gasteiger partial charge in [0.05, 0.1) is 10.6 Å². The second-order valence-electron chi connectivity index (χ2n) is 3.65. The number of halogens is 1. The molecule has 0 heterocycles. The summed E-state index contributed by atoms with van der Waals surface area (Å²) in [6, 6.07) is 3.22. The molecular formula is C10H14FN3O3S. The molecule has 1 aromatic carbocycles. The molecule has 1 rings (SSSR count). The fourth-order valence-electron chi connectivity index (χ4n) is 1.23. The van der Waals surface area contributed by atoms with Crippen molar-refractivity contribution in [1.29, 1.82) is 0 Å². The summed E-state index contributed by atoms with van der Waals surface area (Å²) in [6.45, 7) is 0.0528. The van der Waals surface area contributed by atoms with Crippen molar-refractivity contribution in [3.63, 3.8) is 0 Å². The largest absolute Gasteiger partial charge is 0.396 e. The Morgan fingerprint density at radius 2 is 2.06 bits per heavy atom. The first-order chi connectivity index (χ1) is 8.33. The summed E-state index contributed by atoms with van der Waals surface area (Å²) >= 11 is 0. The highest BCUT2D eigenvalue weighted by Gasteiger charge is 2.15. The molecule has 0 aliphatic heterocycles. The van der Waals surface area contributed by atoms with E-state index < -0.39 is 21.7 Å². The number of hydrogen-bond acceptors (Lipinski definition) is 4. The first kappa shape index (κ1) is 14.4. The molecule has 18 heavy (non-hydrogen) atoms. The summed E-state index contributed by atoms with van der Waals surface area (Å²) in [6.07, 6.45) is 0.366. The molecule has 0 saturated carbocycles. The number of primary amides is 1. The van der Waals surface area contributed by atoms with E-state index in [1.54, 1.807) is 0 Å². The lowest BCUT2D eigenvalue weighted by molar-refractivity contribution is -0.118. The Balaban J connectivity index is 2.68. The van der Waals surface area contributed by atoms with Gasteiger partial charge in [0.2, 0.25) is 15.9 Å². The highest BCUT2D eigenvalue weighted by molar-refractivity contribution is 7.89. The van der Waals surface area contributed by atoms with Crippen LogP contribution in [-0.2, 0) is 14.8 Å². The minimum absolute atomic E-state index is 0.0528. The zero-order valence-electron chi connectivity index (χ0n) is 9.52. The highest BCUT2D eigenvalue weighted by Crippen LogP contribution is 2.15. The van der Waals surface area contributed by atoms with Crippen molar-refractivity contribution in [2.75, 3.05) is 12.3 Å². The molecule has 1 aromatic rings. The van der Waals surface area contributed by atoms with Crippen LogP contribution in [0.2, 0.25) is 0 Å². The average molecular weight is 275 g/mol. The minimum atomic E-state index is -3.80. The third-order valence-corrected chi connectivity index (χ3v) is 3.63. The van der Waals surface area contributed by atoms with Crippen LogP contribution in [0.1, 0.15) is 12.8 Å². The molecule has 0 aliphatic carbocycles. The van der Waals surface area contributed by atoms with Gasteiger partial charge in [-0.15, -0.1) is 0 Å². The van der Waals surface area contributed by atoms with Crippen molar-refractivity contribution in [3.05, 3.63) is 24.0 Å². The van der Waals surface area contributed by atoms with Crippen LogP contribution in [-0.4, -0.2) is 20.9 Å². The number of nitrogens with two attached hydrogens (primary N) is 2. The van der Waals surface area contributed by atoms with E-state index in [0.29, 0.717) is 0 Å². The monoisotopic (exact) mass is 275 g/mol. The molecule has 100 valence electrons. The van der Waals surface area contributed by atoms with Gasteiger partial charge < -0.3 is 11.5 Å². The van der Waals surface area contributed by atoms with E-state index in [-0.39, 0.29) is 30.0 Å². The van der Waals surface area contributed by atoms with Crippen LogP contribution >= 0.6 is 0 Å². The van der Waals surface area contributed by atoms with Gasteiger partial charge in [0.1, 0.15) is 5.82 Å². The van der Waals surface area contributed by atoms with Crippen LogP contribution in [0.3, 0.4) is 0 Å². The number of anilines is 1. The number of nitrogen functional groups attached to an aromatic ring is 1. The smallest absolute Gasteiger partial charge is 0.240 e. The zero-order valence-corrected chi connectivity index (χ0v) is 10.3.